The van der Waals surface area contributed by atoms with Crippen molar-refractivity contribution in [2.45, 2.75) is 33.7 Å². The van der Waals surface area contributed by atoms with Crippen molar-refractivity contribution in [3.8, 4) is 17.0 Å². The van der Waals surface area contributed by atoms with Crippen LogP contribution in [-0.2, 0) is 9.59 Å². The van der Waals surface area contributed by atoms with Gasteiger partial charge in [0.05, 0.1) is 12.8 Å². The summed E-state index contributed by atoms with van der Waals surface area (Å²) in [5.41, 5.74) is 2.38. The Balaban J connectivity index is 1.99. The van der Waals surface area contributed by atoms with Crippen LogP contribution in [0.3, 0.4) is 0 Å². The van der Waals surface area contributed by atoms with E-state index < -0.39 is 17.5 Å². The molecule has 3 aromatic rings. The number of nitrogens with one attached hydrogen (secondary N) is 2. The fourth-order valence-electron chi connectivity index (χ4n) is 3.04. The molecule has 33 heavy (non-hydrogen) atoms. The molecule has 172 valence electrons. The average molecular weight is 449 g/mol. The van der Waals surface area contributed by atoms with Crippen LogP contribution in [-0.4, -0.2) is 28.7 Å². The van der Waals surface area contributed by atoms with Crippen LogP contribution in [0.25, 0.3) is 11.3 Å². The van der Waals surface area contributed by atoms with Gasteiger partial charge in [0.15, 0.2) is 0 Å². The van der Waals surface area contributed by atoms with E-state index in [1.54, 1.807) is 52.1 Å². The number of carbonyl (C=O) groups excluding carboxylic acids is 2. The van der Waals surface area contributed by atoms with E-state index in [0.29, 0.717) is 17.1 Å². The number of nitrogens with zero attached hydrogens (tertiary/aromatic N) is 2. The summed E-state index contributed by atoms with van der Waals surface area (Å²) >= 11 is 0. The number of anilines is 2. The van der Waals surface area contributed by atoms with Gasteiger partial charge < -0.3 is 15.4 Å². The third-order valence-electron chi connectivity index (χ3n) is 5.17. The number of benzene rings is 2. The molecular weight excluding hydrogens is 420 g/mol. The molecule has 0 fully saturated rings. The van der Waals surface area contributed by atoms with Gasteiger partial charge in [-0.25, -0.2) is 4.68 Å². The van der Waals surface area contributed by atoms with E-state index in [0.717, 1.165) is 15.8 Å². The normalized spacial score (nSPS) is 11.7. The van der Waals surface area contributed by atoms with Crippen LogP contribution < -0.4 is 20.9 Å². The Morgan fingerprint density at radius 2 is 1.58 bits per heavy atom. The molecule has 3 rings (SSSR count). The van der Waals surface area contributed by atoms with Crippen molar-refractivity contribution in [2.24, 2.45) is 5.92 Å². The summed E-state index contributed by atoms with van der Waals surface area (Å²) in [5, 5.41) is 9.90. The zero-order valence-electron chi connectivity index (χ0n) is 19.4. The number of hydrogen-bond acceptors (Lipinski definition) is 5. The van der Waals surface area contributed by atoms with Crippen LogP contribution in [0.1, 0.15) is 32.4 Å². The highest BCUT2D eigenvalue weighted by atomic mass is 16.5. The fourth-order valence-corrected chi connectivity index (χ4v) is 3.04. The van der Waals surface area contributed by atoms with Gasteiger partial charge in [0.25, 0.3) is 5.56 Å². The van der Waals surface area contributed by atoms with Crippen molar-refractivity contribution in [2.75, 3.05) is 17.7 Å². The van der Waals surface area contributed by atoms with E-state index in [-0.39, 0.29) is 17.5 Å². The van der Waals surface area contributed by atoms with Crippen molar-refractivity contribution in [1.29, 1.82) is 0 Å². The Morgan fingerprint density at radius 1 is 0.939 bits per heavy atom. The second-order valence-corrected chi connectivity index (χ2v) is 8.10. The van der Waals surface area contributed by atoms with Crippen molar-refractivity contribution < 1.29 is 14.3 Å². The second kappa shape index (κ2) is 10.1. The Hall–Kier alpha value is -3.94. The first kappa shape index (κ1) is 23.7. The molecule has 0 radical (unpaired) electrons. The van der Waals surface area contributed by atoms with E-state index in [9.17, 15) is 14.4 Å². The van der Waals surface area contributed by atoms with Gasteiger partial charge in [0.2, 0.25) is 11.8 Å². The molecule has 0 aliphatic carbocycles. The lowest BCUT2D eigenvalue weighted by atomic mass is 10.1. The number of amides is 2. The number of carbonyl (C=O) groups is 2. The molecule has 2 amide bonds. The van der Waals surface area contributed by atoms with Crippen LogP contribution in [0.4, 0.5) is 11.4 Å². The van der Waals surface area contributed by atoms with Crippen molar-refractivity contribution in [1.82, 2.24) is 9.78 Å². The average Bonchev–Trinajstić information content (AvgIpc) is 2.80. The Morgan fingerprint density at radius 3 is 2.15 bits per heavy atom. The highest BCUT2D eigenvalue weighted by molar-refractivity contribution is 5.94. The van der Waals surface area contributed by atoms with Gasteiger partial charge in [0.1, 0.15) is 17.5 Å². The Kier molecular flexibility index (Phi) is 7.27. The molecule has 0 saturated heterocycles. The van der Waals surface area contributed by atoms with Crippen molar-refractivity contribution in [3.05, 3.63) is 70.5 Å². The summed E-state index contributed by atoms with van der Waals surface area (Å²) < 4.78 is 6.23. The lowest BCUT2D eigenvalue weighted by molar-refractivity contribution is -0.119. The lowest BCUT2D eigenvalue weighted by Gasteiger charge is -2.17. The molecule has 8 heteroatoms. The summed E-state index contributed by atoms with van der Waals surface area (Å²) in [4.78, 5) is 38.4. The van der Waals surface area contributed by atoms with E-state index >= 15 is 0 Å². The predicted molar refractivity (Wildman–Crippen MR) is 128 cm³/mol. The first-order chi connectivity index (χ1) is 15.7. The molecule has 0 aliphatic heterocycles. The third-order valence-corrected chi connectivity index (χ3v) is 5.17. The number of hydrogen-bond donors (Lipinski definition) is 2. The zero-order chi connectivity index (χ0) is 24.1. The Bertz CT molecular complexity index is 1200. The molecular formula is C25H28N4O4. The smallest absolute Gasteiger partial charge is 0.291 e. The quantitative estimate of drug-likeness (QED) is 0.568. The molecule has 8 nitrogen and oxygen atoms in total. The van der Waals surface area contributed by atoms with Crippen molar-refractivity contribution in [3.63, 3.8) is 0 Å². The summed E-state index contributed by atoms with van der Waals surface area (Å²) in [6, 6.07) is 15.1. The Labute approximate surface area is 192 Å². The first-order valence-electron chi connectivity index (χ1n) is 10.7. The lowest BCUT2D eigenvalue weighted by Crippen LogP contribution is -2.36. The number of aromatic nitrogens is 2. The number of aryl methyl sites for hydroxylation is 1. The van der Waals surface area contributed by atoms with E-state index in [2.05, 4.69) is 15.7 Å². The summed E-state index contributed by atoms with van der Waals surface area (Å²) in [6.45, 7) is 7.03. The van der Waals surface area contributed by atoms with Crippen LogP contribution in [0.15, 0.2) is 59.4 Å². The zero-order valence-corrected chi connectivity index (χ0v) is 19.4. The predicted octanol–water partition coefficient (Wildman–Crippen LogP) is 4.02. The second-order valence-electron chi connectivity index (χ2n) is 8.10. The standard InChI is InChI=1S/C25H28N4O4/c1-15(2)23(30)27-22-14-21(18-8-6-16(3)7-9-18)28-29(25(22)32)17(4)24(31)26-19-10-12-20(33-5)13-11-19/h6-15,17H,1-5H3,(H,26,31)(H,27,30)/t17-/m0/s1. The van der Waals surface area contributed by atoms with Crippen LogP contribution >= 0.6 is 0 Å². The van der Waals surface area contributed by atoms with Crippen LogP contribution in [0.2, 0.25) is 0 Å². The summed E-state index contributed by atoms with van der Waals surface area (Å²) in [5.74, 6) is -0.369. The highest BCUT2D eigenvalue weighted by Crippen LogP contribution is 2.21. The number of methoxy groups -OCH3 is 1. The van der Waals surface area contributed by atoms with Crippen molar-refractivity contribution >= 4 is 23.2 Å². The van der Waals surface area contributed by atoms with E-state index in [4.69, 9.17) is 4.74 Å². The molecule has 0 spiro atoms. The minimum atomic E-state index is -0.931. The SMILES string of the molecule is COc1ccc(NC(=O)[C@H](C)n2nc(-c3ccc(C)cc3)cc(NC(=O)C(C)C)c2=O)cc1. The largest absolute Gasteiger partial charge is 0.497 e. The van der Waals surface area contributed by atoms with Gasteiger partial charge in [-0.2, -0.15) is 5.10 Å². The van der Waals surface area contributed by atoms with E-state index in [1.165, 1.54) is 6.07 Å². The topological polar surface area (TPSA) is 102 Å². The molecule has 0 saturated carbocycles. The minimum Gasteiger partial charge on any atom is -0.497 e. The number of ether oxygens (including phenoxy) is 1. The van der Waals surface area contributed by atoms with Gasteiger partial charge in [-0.05, 0) is 44.2 Å². The third kappa shape index (κ3) is 5.65. The highest BCUT2D eigenvalue weighted by Gasteiger charge is 2.22. The minimum absolute atomic E-state index is 0.0726. The van der Waals surface area contributed by atoms with E-state index in [1.807, 2.05) is 31.2 Å². The summed E-state index contributed by atoms with van der Waals surface area (Å²) in [7, 11) is 1.56. The molecule has 0 aliphatic rings. The monoisotopic (exact) mass is 448 g/mol. The maximum atomic E-state index is 13.1. The van der Waals surface area contributed by atoms with Crippen LogP contribution in [0, 0.1) is 12.8 Å². The molecule has 1 heterocycles. The molecule has 1 atom stereocenters. The molecule has 1 aromatic heterocycles. The van der Waals surface area contributed by atoms with Gasteiger partial charge >= 0.3 is 0 Å². The molecule has 0 unspecified atom stereocenters. The molecule has 0 bridgehead atoms. The molecule has 2 aromatic carbocycles. The maximum absolute atomic E-state index is 13.1. The van der Waals surface area contributed by atoms with Gasteiger partial charge in [-0.15, -0.1) is 0 Å². The number of rotatable bonds is 7. The van der Waals surface area contributed by atoms with Crippen LogP contribution in [0.5, 0.6) is 5.75 Å². The van der Waals surface area contributed by atoms with Gasteiger partial charge in [-0.1, -0.05) is 43.7 Å². The fraction of sp³-hybridized carbons (Fsp3) is 0.280. The molecule has 2 N–H and O–H groups in total. The van der Waals surface area contributed by atoms with Gasteiger partial charge in [0, 0.05) is 17.2 Å². The van der Waals surface area contributed by atoms with Gasteiger partial charge in [-0.3, -0.25) is 14.4 Å². The maximum Gasteiger partial charge on any atom is 0.291 e. The summed E-state index contributed by atoms with van der Waals surface area (Å²) in [6.07, 6.45) is 0. The first-order valence-corrected chi connectivity index (χ1v) is 10.7.